The summed E-state index contributed by atoms with van der Waals surface area (Å²) in [5.41, 5.74) is -0.446. The summed E-state index contributed by atoms with van der Waals surface area (Å²) in [6.07, 6.45) is 5.98. The van der Waals surface area contributed by atoms with Crippen LogP contribution in [0.2, 0.25) is 0 Å². The molecule has 4 atom stereocenters. The molecule has 0 radical (unpaired) electrons. The largest absolute Gasteiger partial charge is 0.444 e. The molecule has 0 aromatic heterocycles. The van der Waals surface area contributed by atoms with Gasteiger partial charge in [0.1, 0.15) is 5.60 Å². The Morgan fingerprint density at radius 2 is 2.04 bits per heavy atom. The van der Waals surface area contributed by atoms with E-state index < -0.39 is 5.60 Å². The lowest BCUT2D eigenvalue weighted by Gasteiger charge is -2.46. The minimum Gasteiger partial charge on any atom is -0.444 e. The molecule has 24 heavy (non-hydrogen) atoms. The summed E-state index contributed by atoms with van der Waals surface area (Å²) in [4.78, 5) is 26.2. The molecule has 0 aromatic carbocycles. The molecule has 1 saturated carbocycles. The molecular formula is C18H31N3O3. The van der Waals surface area contributed by atoms with Crippen molar-refractivity contribution in [1.82, 2.24) is 15.5 Å². The Morgan fingerprint density at radius 1 is 1.25 bits per heavy atom. The zero-order chi connectivity index (χ0) is 17.3. The predicted octanol–water partition coefficient (Wildman–Crippen LogP) is 2.03. The van der Waals surface area contributed by atoms with Gasteiger partial charge in [0.05, 0.1) is 6.04 Å². The Kier molecular flexibility index (Phi) is 5.04. The van der Waals surface area contributed by atoms with Crippen molar-refractivity contribution in [1.29, 1.82) is 0 Å². The minimum atomic E-state index is -0.446. The first-order valence-corrected chi connectivity index (χ1v) is 9.37. The van der Waals surface area contributed by atoms with Gasteiger partial charge in [0.2, 0.25) is 5.91 Å². The van der Waals surface area contributed by atoms with Crippen LogP contribution < -0.4 is 10.6 Å². The molecule has 6 nitrogen and oxygen atoms in total. The van der Waals surface area contributed by atoms with Crippen LogP contribution in [0.3, 0.4) is 0 Å². The maximum atomic E-state index is 12.5. The van der Waals surface area contributed by atoms with Crippen molar-refractivity contribution in [3.63, 3.8) is 0 Å². The molecule has 2 saturated heterocycles. The second kappa shape index (κ2) is 6.90. The van der Waals surface area contributed by atoms with Gasteiger partial charge in [-0.1, -0.05) is 0 Å². The fourth-order valence-electron chi connectivity index (χ4n) is 4.39. The van der Waals surface area contributed by atoms with E-state index in [4.69, 9.17) is 4.74 Å². The van der Waals surface area contributed by atoms with Crippen LogP contribution in [0.25, 0.3) is 0 Å². The summed E-state index contributed by atoms with van der Waals surface area (Å²) >= 11 is 0. The maximum absolute atomic E-state index is 12.5. The van der Waals surface area contributed by atoms with Crippen molar-refractivity contribution in [2.45, 2.75) is 83.0 Å². The highest BCUT2D eigenvalue weighted by atomic mass is 16.6. The molecule has 2 N–H and O–H groups in total. The third kappa shape index (κ3) is 4.02. The predicted molar refractivity (Wildman–Crippen MR) is 91.6 cm³/mol. The second-order valence-corrected chi connectivity index (χ2v) is 8.45. The van der Waals surface area contributed by atoms with Gasteiger partial charge in [-0.15, -0.1) is 0 Å². The monoisotopic (exact) mass is 337 g/mol. The second-order valence-electron chi connectivity index (χ2n) is 8.45. The van der Waals surface area contributed by atoms with Crippen LogP contribution in [0, 0.1) is 5.92 Å². The third-order valence-electron chi connectivity index (χ3n) is 5.43. The van der Waals surface area contributed by atoms with Gasteiger partial charge in [-0.3, -0.25) is 4.79 Å². The number of rotatable bonds is 2. The molecular weight excluding hydrogens is 306 g/mol. The number of carbonyl (C=O) groups excluding carboxylic acids is 2. The lowest BCUT2D eigenvalue weighted by Crippen LogP contribution is -2.55. The molecule has 2 amide bonds. The summed E-state index contributed by atoms with van der Waals surface area (Å²) < 4.78 is 5.59. The smallest absolute Gasteiger partial charge is 0.410 e. The average molecular weight is 337 g/mol. The van der Waals surface area contributed by atoms with Gasteiger partial charge in [-0.2, -0.15) is 0 Å². The quantitative estimate of drug-likeness (QED) is 0.809. The lowest BCUT2D eigenvalue weighted by molar-refractivity contribution is -0.121. The van der Waals surface area contributed by atoms with E-state index in [2.05, 4.69) is 10.6 Å². The van der Waals surface area contributed by atoms with E-state index in [0.717, 1.165) is 45.2 Å². The van der Waals surface area contributed by atoms with Crippen molar-refractivity contribution < 1.29 is 14.3 Å². The summed E-state index contributed by atoms with van der Waals surface area (Å²) in [6, 6.07) is 0.653. The first-order valence-electron chi connectivity index (χ1n) is 9.37. The van der Waals surface area contributed by atoms with Crippen molar-refractivity contribution in [3.8, 4) is 0 Å². The summed E-state index contributed by atoms with van der Waals surface area (Å²) in [5, 5.41) is 6.42. The number of nitrogens with one attached hydrogen (secondary N) is 2. The number of hydrogen-bond donors (Lipinski definition) is 2. The van der Waals surface area contributed by atoms with Crippen LogP contribution in [0.1, 0.15) is 59.3 Å². The van der Waals surface area contributed by atoms with E-state index in [1.165, 1.54) is 6.42 Å². The van der Waals surface area contributed by atoms with Crippen molar-refractivity contribution in [2.24, 2.45) is 5.92 Å². The molecule has 0 bridgehead atoms. The van der Waals surface area contributed by atoms with E-state index in [0.29, 0.717) is 18.0 Å². The highest BCUT2D eigenvalue weighted by Crippen LogP contribution is 2.36. The van der Waals surface area contributed by atoms with Crippen LogP contribution in [0.15, 0.2) is 0 Å². The topological polar surface area (TPSA) is 70.7 Å². The molecule has 0 aromatic rings. The van der Waals surface area contributed by atoms with Crippen LogP contribution in [-0.4, -0.2) is 53.7 Å². The first kappa shape index (κ1) is 17.5. The van der Waals surface area contributed by atoms with Gasteiger partial charge >= 0.3 is 6.09 Å². The van der Waals surface area contributed by atoms with Crippen LogP contribution >= 0.6 is 0 Å². The molecule has 2 aliphatic heterocycles. The van der Waals surface area contributed by atoms with E-state index >= 15 is 0 Å². The zero-order valence-corrected chi connectivity index (χ0v) is 15.1. The highest BCUT2D eigenvalue weighted by molar-refractivity contribution is 5.83. The molecule has 136 valence electrons. The fourth-order valence-corrected chi connectivity index (χ4v) is 4.39. The number of fused-ring (bicyclic) bond motifs is 1. The van der Waals surface area contributed by atoms with Gasteiger partial charge in [-0.05, 0) is 65.2 Å². The number of ether oxygens (including phenoxy) is 1. The SMILES string of the molecule is CC(C)(C)OC(=O)N1CCCC2CC(NC3CCNC3=O)CCC21. The minimum absolute atomic E-state index is 0.0305. The third-order valence-corrected chi connectivity index (χ3v) is 5.43. The molecule has 3 fully saturated rings. The summed E-state index contributed by atoms with van der Waals surface area (Å²) in [5.74, 6) is 0.651. The number of amides is 2. The molecule has 4 unspecified atom stereocenters. The Bertz CT molecular complexity index is 488. The summed E-state index contributed by atoms with van der Waals surface area (Å²) in [7, 11) is 0. The molecule has 6 heteroatoms. The fraction of sp³-hybridized carbons (Fsp3) is 0.889. The van der Waals surface area contributed by atoms with E-state index in [1.54, 1.807) is 0 Å². The standard InChI is InChI=1S/C18H31N3O3/c1-18(2,3)24-17(23)21-10-4-5-12-11-13(6-7-15(12)21)20-14-8-9-19-16(14)22/h12-15,20H,4-11H2,1-3H3,(H,19,22). The average Bonchev–Trinajstić information content (AvgIpc) is 2.90. The van der Waals surface area contributed by atoms with Crippen molar-refractivity contribution in [2.75, 3.05) is 13.1 Å². The number of hydrogen-bond acceptors (Lipinski definition) is 4. The number of carbonyl (C=O) groups is 2. The maximum Gasteiger partial charge on any atom is 0.410 e. The van der Waals surface area contributed by atoms with Gasteiger partial charge < -0.3 is 20.3 Å². The number of piperidine rings is 1. The van der Waals surface area contributed by atoms with Crippen LogP contribution in [-0.2, 0) is 9.53 Å². The van der Waals surface area contributed by atoms with Gasteiger partial charge in [0.15, 0.2) is 0 Å². The molecule has 2 heterocycles. The van der Waals surface area contributed by atoms with Crippen LogP contribution in [0.4, 0.5) is 4.79 Å². The Hall–Kier alpha value is -1.30. The molecule has 1 aliphatic carbocycles. The highest BCUT2D eigenvalue weighted by Gasteiger charge is 2.41. The Labute approximate surface area is 144 Å². The lowest BCUT2D eigenvalue weighted by atomic mass is 9.76. The first-order chi connectivity index (χ1) is 11.3. The zero-order valence-electron chi connectivity index (χ0n) is 15.1. The van der Waals surface area contributed by atoms with Crippen LogP contribution in [0.5, 0.6) is 0 Å². The van der Waals surface area contributed by atoms with E-state index in [1.807, 2.05) is 25.7 Å². The number of likely N-dealkylation sites (tertiary alicyclic amines) is 1. The number of nitrogens with zero attached hydrogens (tertiary/aromatic N) is 1. The molecule has 3 rings (SSSR count). The van der Waals surface area contributed by atoms with E-state index in [-0.39, 0.29) is 18.0 Å². The van der Waals surface area contributed by atoms with Gasteiger partial charge in [-0.25, -0.2) is 4.79 Å². The molecule has 3 aliphatic rings. The Morgan fingerprint density at radius 3 is 2.71 bits per heavy atom. The van der Waals surface area contributed by atoms with Gasteiger partial charge in [0, 0.05) is 25.2 Å². The summed E-state index contributed by atoms with van der Waals surface area (Å²) in [6.45, 7) is 7.33. The van der Waals surface area contributed by atoms with Crippen molar-refractivity contribution >= 4 is 12.0 Å². The van der Waals surface area contributed by atoms with Crippen molar-refractivity contribution in [3.05, 3.63) is 0 Å². The van der Waals surface area contributed by atoms with Gasteiger partial charge in [0.25, 0.3) is 0 Å². The molecule has 0 spiro atoms. The normalized spacial score (nSPS) is 33.8. The van der Waals surface area contributed by atoms with E-state index in [9.17, 15) is 9.59 Å². The Balaban J connectivity index is 1.57.